The van der Waals surface area contributed by atoms with Crippen molar-refractivity contribution >= 4 is 56.9 Å². The van der Waals surface area contributed by atoms with Crippen molar-refractivity contribution in [2.24, 2.45) is 0 Å². The van der Waals surface area contributed by atoms with Crippen molar-refractivity contribution < 1.29 is 34.3 Å². The van der Waals surface area contributed by atoms with E-state index in [1.54, 1.807) is 0 Å². The van der Waals surface area contributed by atoms with E-state index in [1.165, 1.54) is 48.5 Å². The van der Waals surface area contributed by atoms with Crippen LogP contribution in [-0.4, -0.2) is 29.5 Å². The molecule has 4 aromatic carbocycles. The lowest BCUT2D eigenvalue weighted by atomic mass is 10.2. The van der Waals surface area contributed by atoms with Gasteiger partial charge in [0.25, 0.3) is 11.4 Å². The van der Waals surface area contributed by atoms with Crippen molar-refractivity contribution in [2.45, 2.75) is 0 Å². The normalized spacial score (nSPS) is 10.4. The second kappa shape index (κ2) is 12.3. The Morgan fingerprint density at radius 1 is 0.422 bits per heavy atom. The standard InChI is InChI=1S/C24H14N8O13/c33-27(34)15-9-19(29(37)38)23(20(10-15)30(39)40)25-13-1-5-17(6-2-13)45-18-7-3-14(4-8-18)26-24-21(31(41)42)11-16(28(35)36)12-22(24)32(43)44/h1-12,25-26H. The first-order valence-electron chi connectivity index (χ1n) is 11.9. The van der Waals surface area contributed by atoms with Crippen LogP contribution in [0.5, 0.6) is 11.5 Å². The molecule has 21 heteroatoms. The predicted octanol–water partition coefficient (Wildman–Crippen LogP) is 6.42. The van der Waals surface area contributed by atoms with Crippen molar-refractivity contribution in [3.05, 3.63) is 133 Å². The summed E-state index contributed by atoms with van der Waals surface area (Å²) in [4.78, 5) is 62.1. The number of ether oxygens (including phenoxy) is 1. The number of non-ortho nitro benzene ring substituents is 2. The van der Waals surface area contributed by atoms with Crippen LogP contribution in [0, 0.1) is 60.7 Å². The Kier molecular flexibility index (Phi) is 8.36. The summed E-state index contributed by atoms with van der Waals surface area (Å²) in [6.07, 6.45) is 0. The largest absolute Gasteiger partial charge is 0.457 e. The van der Waals surface area contributed by atoms with Gasteiger partial charge < -0.3 is 15.4 Å². The van der Waals surface area contributed by atoms with Gasteiger partial charge in [-0.25, -0.2) is 0 Å². The van der Waals surface area contributed by atoms with Crippen molar-refractivity contribution in [1.82, 2.24) is 0 Å². The third-order valence-corrected chi connectivity index (χ3v) is 5.85. The van der Waals surface area contributed by atoms with Gasteiger partial charge in [0.15, 0.2) is 11.4 Å². The van der Waals surface area contributed by atoms with Crippen LogP contribution < -0.4 is 15.4 Å². The Morgan fingerprint density at radius 3 is 0.911 bits per heavy atom. The van der Waals surface area contributed by atoms with Crippen LogP contribution in [0.4, 0.5) is 56.9 Å². The zero-order valence-electron chi connectivity index (χ0n) is 21.9. The van der Waals surface area contributed by atoms with Gasteiger partial charge in [-0.1, -0.05) is 0 Å². The third-order valence-electron chi connectivity index (χ3n) is 5.85. The lowest BCUT2D eigenvalue weighted by molar-refractivity contribution is -0.402. The molecule has 0 aliphatic heterocycles. The quantitative estimate of drug-likeness (QED) is 0.127. The number of nitro groups is 6. The summed E-state index contributed by atoms with van der Waals surface area (Å²) >= 11 is 0. The zero-order valence-corrected chi connectivity index (χ0v) is 21.9. The number of anilines is 4. The molecule has 4 rings (SSSR count). The molecule has 228 valence electrons. The Labute approximate surface area is 247 Å². The molecular weight excluding hydrogens is 608 g/mol. The molecule has 21 nitrogen and oxygen atoms in total. The van der Waals surface area contributed by atoms with Gasteiger partial charge >= 0.3 is 22.7 Å². The van der Waals surface area contributed by atoms with E-state index in [2.05, 4.69) is 10.6 Å². The summed E-state index contributed by atoms with van der Waals surface area (Å²) < 4.78 is 5.68. The molecule has 0 spiro atoms. The van der Waals surface area contributed by atoms with Crippen LogP contribution in [0.25, 0.3) is 0 Å². The van der Waals surface area contributed by atoms with Crippen molar-refractivity contribution in [2.75, 3.05) is 10.6 Å². The second-order valence-electron chi connectivity index (χ2n) is 8.66. The van der Waals surface area contributed by atoms with Gasteiger partial charge in [-0.2, -0.15) is 0 Å². The molecule has 4 aromatic rings. The highest BCUT2D eigenvalue weighted by atomic mass is 16.6. The van der Waals surface area contributed by atoms with E-state index in [4.69, 9.17) is 4.74 Å². The van der Waals surface area contributed by atoms with Crippen LogP contribution in [0.2, 0.25) is 0 Å². The van der Waals surface area contributed by atoms with E-state index in [0.29, 0.717) is 24.3 Å². The molecule has 0 aliphatic rings. The molecule has 0 fully saturated rings. The highest BCUT2D eigenvalue weighted by Crippen LogP contribution is 2.42. The predicted molar refractivity (Wildman–Crippen MR) is 152 cm³/mol. The number of nitrogens with one attached hydrogen (secondary N) is 2. The highest BCUT2D eigenvalue weighted by molar-refractivity contribution is 5.82. The Hall–Kier alpha value is -7.32. The van der Waals surface area contributed by atoms with Gasteiger partial charge in [0.1, 0.15) is 11.5 Å². The van der Waals surface area contributed by atoms with E-state index < -0.39 is 75.0 Å². The van der Waals surface area contributed by atoms with Gasteiger partial charge in [0, 0.05) is 11.4 Å². The number of nitro benzene ring substituents is 6. The maximum absolute atomic E-state index is 11.5. The SMILES string of the molecule is O=[N+]([O-])c1cc([N+](=O)[O-])c(Nc2ccc(Oc3ccc(Nc4c([N+](=O)[O-])cc([N+](=O)[O-])cc4[N+](=O)[O-])cc3)cc2)c([N+](=O)[O-])c1. The number of nitrogens with zero attached hydrogens (tertiary/aromatic N) is 6. The van der Waals surface area contributed by atoms with Gasteiger partial charge in [0.2, 0.25) is 0 Å². The summed E-state index contributed by atoms with van der Waals surface area (Å²) in [6.45, 7) is 0. The topological polar surface area (TPSA) is 292 Å². The molecule has 45 heavy (non-hydrogen) atoms. The molecule has 2 N–H and O–H groups in total. The van der Waals surface area contributed by atoms with Gasteiger partial charge in [-0.15, -0.1) is 0 Å². The summed E-state index contributed by atoms with van der Waals surface area (Å²) in [5.41, 5.74) is -6.16. The number of benzene rings is 4. The van der Waals surface area contributed by atoms with Crippen LogP contribution in [0.1, 0.15) is 0 Å². The second-order valence-corrected chi connectivity index (χ2v) is 8.66. The maximum atomic E-state index is 11.5. The van der Waals surface area contributed by atoms with Crippen LogP contribution in [0.15, 0.2) is 72.8 Å². The third kappa shape index (κ3) is 6.78. The van der Waals surface area contributed by atoms with E-state index in [9.17, 15) is 60.7 Å². The van der Waals surface area contributed by atoms with Crippen LogP contribution in [-0.2, 0) is 0 Å². The van der Waals surface area contributed by atoms with Crippen molar-refractivity contribution in [3.8, 4) is 11.5 Å². The molecule has 0 bridgehead atoms. The molecular formula is C24H14N8O13. The smallest absolute Gasteiger partial charge is 0.306 e. The lowest BCUT2D eigenvalue weighted by Crippen LogP contribution is -2.03. The van der Waals surface area contributed by atoms with Gasteiger partial charge in [-0.3, -0.25) is 60.7 Å². The maximum Gasteiger partial charge on any atom is 0.306 e. The van der Waals surface area contributed by atoms with Crippen LogP contribution >= 0.6 is 0 Å². The Bertz CT molecular complexity index is 1690. The Balaban J connectivity index is 1.54. The minimum atomic E-state index is -1.00. The van der Waals surface area contributed by atoms with E-state index in [0.717, 1.165) is 0 Å². The van der Waals surface area contributed by atoms with E-state index in [-0.39, 0.29) is 22.9 Å². The average Bonchev–Trinajstić information content (AvgIpc) is 2.98. The first kappa shape index (κ1) is 30.6. The molecule has 0 atom stereocenters. The molecule has 0 saturated carbocycles. The average molecular weight is 622 g/mol. The Morgan fingerprint density at radius 2 is 0.689 bits per heavy atom. The fourth-order valence-electron chi connectivity index (χ4n) is 3.88. The highest BCUT2D eigenvalue weighted by Gasteiger charge is 2.32. The van der Waals surface area contributed by atoms with Gasteiger partial charge in [0.05, 0.1) is 53.8 Å². The molecule has 0 aromatic heterocycles. The monoisotopic (exact) mass is 622 g/mol. The fraction of sp³-hybridized carbons (Fsp3) is 0. The minimum Gasteiger partial charge on any atom is -0.457 e. The zero-order chi connectivity index (χ0) is 33.0. The molecule has 0 heterocycles. The number of hydrogen-bond acceptors (Lipinski definition) is 15. The molecule has 0 amide bonds. The van der Waals surface area contributed by atoms with Gasteiger partial charge in [-0.05, 0) is 48.5 Å². The fourth-order valence-corrected chi connectivity index (χ4v) is 3.88. The van der Waals surface area contributed by atoms with E-state index >= 15 is 0 Å². The molecule has 0 aliphatic carbocycles. The number of rotatable bonds is 12. The lowest BCUT2D eigenvalue weighted by Gasteiger charge is -2.11. The molecule has 0 saturated heterocycles. The number of hydrogen-bond donors (Lipinski definition) is 2. The molecule has 0 radical (unpaired) electrons. The van der Waals surface area contributed by atoms with Crippen molar-refractivity contribution in [1.29, 1.82) is 0 Å². The first-order valence-corrected chi connectivity index (χ1v) is 11.9. The molecule has 0 unspecified atom stereocenters. The summed E-state index contributed by atoms with van der Waals surface area (Å²) in [6, 6.07) is 13.3. The van der Waals surface area contributed by atoms with Crippen LogP contribution in [0.3, 0.4) is 0 Å². The minimum absolute atomic E-state index is 0.133. The summed E-state index contributed by atoms with van der Waals surface area (Å²) in [5.74, 6) is 0.436. The first-order chi connectivity index (χ1) is 21.2. The summed E-state index contributed by atoms with van der Waals surface area (Å²) in [7, 11) is 0. The van der Waals surface area contributed by atoms with E-state index in [1.807, 2.05) is 0 Å². The van der Waals surface area contributed by atoms with Crippen molar-refractivity contribution in [3.63, 3.8) is 0 Å². The summed E-state index contributed by atoms with van der Waals surface area (Å²) in [5, 5.41) is 73.1.